The van der Waals surface area contributed by atoms with Crippen LogP contribution in [0.5, 0.6) is 0 Å². The van der Waals surface area contributed by atoms with E-state index in [1.807, 2.05) is 0 Å². The van der Waals surface area contributed by atoms with Gasteiger partial charge in [0.1, 0.15) is 0 Å². The van der Waals surface area contributed by atoms with Gasteiger partial charge in [-0.25, -0.2) is 0 Å². The van der Waals surface area contributed by atoms with Crippen LogP contribution >= 0.6 is 0 Å². The van der Waals surface area contributed by atoms with Crippen molar-refractivity contribution in [2.75, 3.05) is 6.54 Å². The molecule has 0 rings (SSSR count). The molecule has 0 heterocycles. The van der Waals surface area contributed by atoms with Crippen molar-refractivity contribution >= 4 is 0 Å². The SMILES string of the molecule is CCC(C)C=C(CN)C(C)C. The van der Waals surface area contributed by atoms with E-state index >= 15 is 0 Å². The Bertz CT molecular complexity index is 125. The van der Waals surface area contributed by atoms with Gasteiger partial charge in [-0.3, -0.25) is 0 Å². The van der Waals surface area contributed by atoms with E-state index in [2.05, 4.69) is 33.8 Å². The van der Waals surface area contributed by atoms with Crippen molar-refractivity contribution in [2.45, 2.75) is 34.1 Å². The molecule has 0 fully saturated rings. The Morgan fingerprint density at radius 3 is 2.18 bits per heavy atom. The summed E-state index contributed by atoms with van der Waals surface area (Å²) in [7, 11) is 0. The molecular formula is C10H21N. The molecule has 0 saturated carbocycles. The Morgan fingerprint density at radius 2 is 1.91 bits per heavy atom. The maximum Gasteiger partial charge on any atom is 0.0139 e. The minimum atomic E-state index is 0.606. The van der Waals surface area contributed by atoms with E-state index in [1.165, 1.54) is 12.0 Å². The first-order valence-corrected chi connectivity index (χ1v) is 4.52. The van der Waals surface area contributed by atoms with E-state index in [0.29, 0.717) is 18.4 Å². The zero-order valence-corrected chi connectivity index (χ0v) is 8.22. The van der Waals surface area contributed by atoms with Crippen molar-refractivity contribution in [2.24, 2.45) is 17.6 Å². The largest absolute Gasteiger partial charge is 0.327 e. The predicted octanol–water partition coefficient (Wildman–Crippen LogP) is 2.57. The van der Waals surface area contributed by atoms with Gasteiger partial charge < -0.3 is 5.73 Å². The molecule has 0 radical (unpaired) electrons. The molecule has 11 heavy (non-hydrogen) atoms. The van der Waals surface area contributed by atoms with Gasteiger partial charge in [-0.1, -0.05) is 45.8 Å². The molecule has 0 aliphatic heterocycles. The Morgan fingerprint density at radius 1 is 1.36 bits per heavy atom. The highest BCUT2D eigenvalue weighted by atomic mass is 14.5. The van der Waals surface area contributed by atoms with E-state index in [0.717, 1.165) is 0 Å². The summed E-state index contributed by atoms with van der Waals surface area (Å²) >= 11 is 0. The van der Waals surface area contributed by atoms with E-state index < -0.39 is 0 Å². The summed E-state index contributed by atoms with van der Waals surface area (Å²) in [5, 5.41) is 0. The molecule has 0 aromatic heterocycles. The van der Waals surface area contributed by atoms with Crippen molar-refractivity contribution in [1.29, 1.82) is 0 Å². The molecule has 1 atom stereocenters. The van der Waals surface area contributed by atoms with Crippen LogP contribution in [0.4, 0.5) is 0 Å². The summed E-state index contributed by atoms with van der Waals surface area (Å²) in [6.07, 6.45) is 3.51. The van der Waals surface area contributed by atoms with Crippen LogP contribution in [0, 0.1) is 11.8 Å². The fraction of sp³-hybridized carbons (Fsp3) is 0.800. The van der Waals surface area contributed by atoms with Crippen molar-refractivity contribution in [1.82, 2.24) is 0 Å². The molecule has 66 valence electrons. The highest BCUT2D eigenvalue weighted by molar-refractivity contribution is 5.07. The molecule has 0 amide bonds. The van der Waals surface area contributed by atoms with Crippen LogP contribution in [0.1, 0.15) is 34.1 Å². The number of nitrogens with two attached hydrogens (primary N) is 1. The van der Waals surface area contributed by atoms with Crippen molar-refractivity contribution in [3.8, 4) is 0 Å². The second kappa shape index (κ2) is 5.36. The number of hydrogen-bond donors (Lipinski definition) is 1. The highest BCUT2D eigenvalue weighted by Crippen LogP contribution is 2.13. The molecule has 2 N–H and O–H groups in total. The van der Waals surface area contributed by atoms with Crippen LogP contribution in [-0.4, -0.2) is 6.54 Å². The van der Waals surface area contributed by atoms with Gasteiger partial charge in [0.05, 0.1) is 0 Å². The smallest absolute Gasteiger partial charge is 0.0139 e. The lowest BCUT2D eigenvalue weighted by Crippen LogP contribution is -2.09. The molecule has 0 bridgehead atoms. The number of allylic oxidation sites excluding steroid dienone is 1. The van der Waals surface area contributed by atoms with Gasteiger partial charge in [-0.15, -0.1) is 0 Å². The van der Waals surface area contributed by atoms with Crippen LogP contribution in [0.25, 0.3) is 0 Å². The summed E-state index contributed by atoms with van der Waals surface area (Å²) in [4.78, 5) is 0. The van der Waals surface area contributed by atoms with Gasteiger partial charge in [0.15, 0.2) is 0 Å². The second-order valence-corrected chi connectivity index (χ2v) is 3.49. The average molecular weight is 155 g/mol. The van der Waals surface area contributed by atoms with Gasteiger partial charge >= 0.3 is 0 Å². The Balaban J connectivity index is 4.10. The van der Waals surface area contributed by atoms with Crippen molar-refractivity contribution < 1.29 is 0 Å². The summed E-state index contributed by atoms with van der Waals surface area (Å²) in [6.45, 7) is 9.54. The fourth-order valence-electron chi connectivity index (χ4n) is 0.979. The minimum Gasteiger partial charge on any atom is -0.327 e. The van der Waals surface area contributed by atoms with Gasteiger partial charge in [-0.2, -0.15) is 0 Å². The second-order valence-electron chi connectivity index (χ2n) is 3.49. The first-order chi connectivity index (χ1) is 5.11. The molecule has 1 unspecified atom stereocenters. The molecule has 1 nitrogen and oxygen atoms in total. The zero-order valence-electron chi connectivity index (χ0n) is 8.22. The van der Waals surface area contributed by atoms with E-state index in [9.17, 15) is 0 Å². The standard InChI is InChI=1S/C10H21N/c1-5-9(4)6-10(7-11)8(2)3/h6,8-9H,5,7,11H2,1-4H3. The molecule has 0 saturated heterocycles. The topological polar surface area (TPSA) is 26.0 Å². The lowest BCUT2D eigenvalue weighted by Gasteiger charge is -2.11. The zero-order chi connectivity index (χ0) is 8.85. The van der Waals surface area contributed by atoms with Crippen molar-refractivity contribution in [3.63, 3.8) is 0 Å². The van der Waals surface area contributed by atoms with Crippen LogP contribution in [0.2, 0.25) is 0 Å². The van der Waals surface area contributed by atoms with Gasteiger partial charge in [0.2, 0.25) is 0 Å². The van der Waals surface area contributed by atoms with Crippen molar-refractivity contribution in [3.05, 3.63) is 11.6 Å². The molecule has 0 aromatic rings. The third kappa shape index (κ3) is 4.20. The number of rotatable bonds is 4. The van der Waals surface area contributed by atoms with E-state index in [1.54, 1.807) is 0 Å². The normalized spacial score (nSPS) is 15.6. The predicted molar refractivity (Wildman–Crippen MR) is 51.4 cm³/mol. The summed E-state index contributed by atoms with van der Waals surface area (Å²) in [5.74, 6) is 1.28. The van der Waals surface area contributed by atoms with Gasteiger partial charge in [0.25, 0.3) is 0 Å². The van der Waals surface area contributed by atoms with E-state index in [-0.39, 0.29) is 0 Å². The maximum absolute atomic E-state index is 5.61. The lowest BCUT2D eigenvalue weighted by molar-refractivity contribution is 0.660. The monoisotopic (exact) mass is 155 g/mol. The summed E-state index contributed by atoms with van der Waals surface area (Å²) in [5.41, 5.74) is 7.00. The maximum atomic E-state index is 5.61. The van der Waals surface area contributed by atoms with Crippen LogP contribution < -0.4 is 5.73 Å². The number of hydrogen-bond acceptors (Lipinski definition) is 1. The Kier molecular flexibility index (Phi) is 5.22. The fourth-order valence-corrected chi connectivity index (χ4v) is 0.979. The summed E-state index contributed by atoms with van der Waals surface area (Å²) < 4.78 is 0. The third-order valence-electron chi connectivity index (χ3n) is 2.12. The summed E-state index contributed by atoms with van der Waals surface area (Å²) in [6, 6.07) is 0. The van der Waals surface area contributed by atoms with Crippen LogP contribution in [0.3, 0.4) is 0 Å². The molecule has 1 heteroatoms. The molecule has 0 aliphatic carbocycles. The Labute approximate surface area is 70.7 Å². The first kappa shape index (κ1) is 10.7. The average Bonchev–Trinajstić information content (AvgIpc) is 1.99. The molecule has 0 spiro atoms. The lowest BCUT2D eigenvalue weighted by atomic mass is 9.97. The molecule has 0 aliphatic rings. The minimum absolute atomic E-state index is 0.606. The first-order valence-electron chi connectivity index (χ1n) is 4.52. The van der Waals surface area contributed by atoms with Crippen LogP contribution in [-0.2, 0) is 0 Å². The quantitative estimate of drug-likeness (QED) is 0.620. The van der Waals surface area contributed by atoms with Gasteiger partial charge in [-0.05, 0) is 11.8 Å². The third-order valence-corrected chi connectivity index (χ3v) is 2.12. The van der Waals surface area contributed by atoms with Crippen LogP contribution in [0.15, 0.2) is 11.6 Å². The van der Waals surface area contributed by atoms with Gasteiger partial charge in [0, 0.05) is 6.54 Å². The molecular weight excluding hydrogens is 134 g/mol. The highest BCUT2D eigenvalue weighted by Gasteiger charge is 2.02. The molecule has 0 aromatic carbocycles. The Hall–Kier alpha value is -0.300. The van der Waals surface area contributed by atoms with E-state index in [4.69, 9.17) is 5.73 Å².